The monoisotopic (exact) mass is 435 g/mol. The third-order valence-corrected chi connectivity index (χ3v) is 5.73. The summed E-state index contributed by atoms with van der Waals surface area (Å²) in [4.78, 5) is 3.74. The Morgan fingerprint density at radius 3 is 2.55 bits per heavy atom. The zero-order valence-electron chi connectivity index (χ0n) is 15.5. The summed E-state index contributed by atoms with van der Waals surface area (Å²) in [6.45, 7) is 2.76. The molecule has 0 atom stereocenters. The number of hydrogen-bond acceptors (Lipinski definition) is 5. The maximum absolute atomic E-state index is 13.2. The predicted molar refractivity (Wildman–Crippen MR) is 112 cm³/mol. The van der Waals surface area contributed by atoms with Crippen molar-refractivity contribution in [3.05, 3.63) is 77.3 Å². The number of aryl methyl sites for hydroxylation is 1. The van der Waals surface area contributed by atoms with Crippen molar-refractivity contribution in [1.29, 1.82) is 0 Å². The first-order chi connectivity index (χ1) is 13.8. The lowest BCUT2D eigenvalue weighted by Crippen LogP contribution is -2.14. The van der Waals surface area contributed by atoms with E-state index >= 15 is 0 Å². The fourth-order valence-electron chi connectivity index (χ4n) is 2.63. The molecule has 2 N–H and O–H groups in total. The van der Waals surface area contributed by atoms with Crippen LogP contribution in [-0.4, -0.2) is 26.6 Å². The van der Waals surface area contributed by atoms with Crippen molar-refractivity contribution >= 4 is 33.0 Å². The molecule has 0 spiro atoms. The lowest BCUT2D eigenvalue weighted by Gasteiger charge is -2.13. The number of halogens is 2. The van der Waals surface area contributed by atoms with E-state index in [9.17, 15) is 12.8 Å². The van der Waals surface area contributed by atoms with Crippen LogP contribution in [0.1, 0.15) is 5.56 Å². The molecule has 0 amide bonds. The standard InChI is InChI=1S/C20H19ClFN3O3S/c1-14-10-17(25-29(26,27)20-3-2-15(22)12-19(20)21)13-18(11-14)28-9-8-24-16-4-6-23-7-5-16/h2-7,10-13,25H,8-9H2,1H3,(H,23,24). The Morgan fingerprint density at radius 2 is 1.83 bits per heavy atom. The number of hydrogen-bond donors (Lipinski definition) is 2. The minimum absolute atomic E-state index is 0.191. The van der Waals surface area contributed by atoms with Crippen LogP contribution in [0, 0.1) is 12.7 Å². The Balaban J connectivity index is 1.66. The van der Waals surface area contributed by atoms with Crippen molar-refractivity contribution in [3.63, 3.8) is 0 Å². The van der Waals surface area contributed by atoms with Gasteiger partial charge in [0, 0.05) is 30.7 Å². The third kappa shape index (κ3) is 5.82. The maximum Gasteiger partial charge on any atom is 0.263 e. The smallest absolute Gasteiger partial charge is 0.263 e. The lowest BCUT2D eigenvalue weighted by atomic mass is 10.2. The number of nitrogens with one attached hydrogen (secondary N) is 2. The molecular weight excluding hydrogens is 417 g/mol. The van der Waals surface area contributed by atoms with Gasteiger partial charge < -0.3 is 10.1 Å². The summed E-state index contributed by atoms with van der Waals surface area (Å²) in [5.41, 5.74) is 2.06. The number of aromatic nitrogens is 1. The van der Waals surface area contributed by atoms with Crippen molar-refractivity contribution in [1.82, 2.24) is 4.98 Å². The van der Waals surface area contributed by atoms with Gasteiger partial charge in [0.25, 0.3) is 10.0 Å². The quantitative estimate of drug-likeness (QED) is 0.510. The van der Waals surface area contributed by atoms with E-state index in [4.69, 9.17) is 16.3 Å². The third-order valence-electron chi connectivity index (χ3n) is 3.87. The van der Waals surface area contributed by atoms with Crippen LogP contribution in [-0.2, 0) is 10.0 Å². The van der Waals surface area contributed by atoms with Crippen LogP contribution in [0.15, 0.2) is 65.8 Å². The summed E-state index contributed by atoms with van der Waals surface area (Å²) in [5.74, 6) is -0.0926. The van der Waals surface area contributed by atoms with E-state index in [1.807, 2.05) is 19.1 Å². The van der Waals surface area contributed by atoms with Gasteiger partial charge in [0.15, 0.2) is 0 Å². The molecule has 1 aromatic heterocycles. The molecule has 152 valence electrons. The molecule has 0 aliphatic rings. The van der Waals surface area contributed by atoms with E-state index in [1.165, 1.54) is 0 Å². The van der Waals surface area contributed by atoms with Crippen LogP contribution in [0.25, 0.3) is 0 Å². The first-order valence-corrected chi connectivity index (χ1v) is 10.6. The van der Waals surface area contributed by atoms with Crippen molar-refractivity contribution in [2.24, 2.45) is 0 Å². The largest absolute Gasteiger partial charge is 0.492 e. The SMILES string of the molecule is Cc1cc(NS(=O)(=O)c2ccc(F)cc2Cl)cc(OCCNc2ccncc2)c1. The highest BCUT2D eigenvalue weighted by Crippen LogP contribution is 2.27. The van der Waals surface area contributed by atoms with Gasteiger partial charge in [-0.2, -0.15) is 0 Å². The molecule has 9 heteroatoms. The number of nitrogens with zero attached hydrogens (tertiary/aromatic N) is 1. The number of benzene rings is 2. The van der Waals surface area contributed by atoms with E-state index in [0.717, 1.165) is 29.4 Å². The summed E-state index contributed by atoms with van der Waals surface area (Å²) in [5, 5.41) is 3.00. The summed E-state index contributed by atoms with van der Waals surface area (Å²) in [7, 11) is -3.98. The van der Waals surface area contributed by atoms with Crippen LogP contribution >= 0.6 is 11.6 Å². The topological polar surface area (TPSA) is 80.3 Å². The van der Waals surface area contributed by atoms with E-state index in [-0.39, 0.29) is 9.92 Å². The Labute approximate surface area is 173 Å². The average molecular weight is 436 g/mol. The fourth-order valence-corrected chi connectivity index (χ4v) is 4.20. The van der Waals surface area contributed by atoms with Gasteiger partial charge in [0.1, 0.15) is 23.1 Å². The van der Waals surface area contributed by atoms with Gasteiger partial charge in [0.05, 0.1) is 10.7 Å². The molecule has 1 heterocycles. The summed E-state index contributed by atoms with van der Waals surface area (Å²) >= 11 is 5.88. The molecule has 0 aliphatic heterocycles. The Morgan fingerprint density at radius 1 is 1.07 bits per heavy atom. The van der Waals surface area contributed by atoms with Gasteiger partial charge in [-0.25, -0.2) is 12.8 Å². The first kappa shape index (κ1) is 20.9. The predicted octanol–water partition coefficient (Wildman–Crippen LogP) is 4.47. The Kier molecular flexibility index (Phi) is 6.56. The van der Waals surface area contributed by atoms with Gasteiger partial charge in [-0.15, -0.1) is 0 Å². The number of rotatable bonds is 8. The molecule has 3 rings (SSSR count). The van der Waals surface area contributed by atoms with Gasteiger partial charge >= 0.3 is 0 Å². The molecule has 0 aliphatic carbocycles. The highest BCUT2D eigenvalue weighted by atomic mass is 35.5. The number of ether oxygens (including phenoxy) is 1. The molecule has 0 saturated heterocycles. The van der Waals surface area contributed by atoms with E-state index in [2.05, 4.69) is 15.0 Å². The molecular formula is C20H19ClFN3O3S. The molecule has 0 fully saturated rings. The number of anilines is 2. The van der Waals surface area contributed by atoms with Gasteiger partial charge in [-0.05, 0) is 55.0 Å². The highest BCUT2D eigenvalue weighted by molar-refractivity contribution is 7.92. The van der Waals surface area contributed by atoms with Gasteiger partial charge in [0.2, 0.25) is 0 Å². The van der Waals surface area contributed by atoms with E-state index in [0.29, 0.717) is 24.6 Å². The molecule has 2 aromatic carbocycles. The van der Waals surface area contributed by atoms with Crippen molar-refractivity contribution in [2.45, 2.75) is 11.8 Å². The minimum Gasteiger partial charge on any atom is -0.492 e. The van der Waals surface area contributed by atoms with Crippen LogP contribution in [0.2, 0.25) is 5.02 Å². The fraction of sp³-hybridized carbons (Fsp3) is 0.150. The highest BCUT2D eigenvalue weighted by Gasteiger charge is 2.19. The molecule has 3 aromatic rings. The second-order valence-corrected chi connectivity index (χ2v) is 8.28. The summed E-state index contributed by atoms with van der Waals surface area (Å²) in [6, 6.07) is 11.9. The second-order valence-electron chi connectivity index (χ2n) is 6.23. The molecule has 0 unspecified atom stereocenters. The van der Waals surface area contributed by atoms with Crippen LogP contribution in [0.3, 0.4) is 0 Å². The van der Waals surface area contributed by atoms with E-state index in [1.54, 1.807) is 30.6 Å². The maximum atomic E-state index is 13.2. The second kappa shape index (κ2) is 9.11. The van der Waals surface area contributed by atoms with Crippen molar-refractivity contribution < 1.29 is 17.5 Å². The zero-order chi connectivity index (χ0) is 20.9. The molecule has 0 saturated carbocycles. The summed E-state index contributed by atoms with van der Waals surface area (Å²) < 4.78 is 46.6. The van der Waals surface area contributed by atoms with Crippen LogP contribution in [0.4, 0.5) is 15.8 Å². The zero-order valence-corrected chi connectivity index (χ0v) is 17.1. The van der Waals surface area contributed by atoms with Crippen molar-refractivity contribution in [3.8, 4) is 5.75 Å². The van der Waals surface area contributed by atoms with Gasteiger partial charge in [-0.3, -0.25) is 9.71 Å². The van der Waals surface area contributed by atoms with Gasteiger partial charge in [-0.1, -0.05) is 11.6 Å². The lowest BCUT2D eigenvalue weighted by molar-refractivity contribution is 0.333. The normalized spacial score (nSPS) is 11.1. The molecule has 6 nitrogen and oxygen atoms in total. The summed E-state index contributed by atoms with van der Waals surface area (Å²) in [6.07, 6.45) is 3.38. The molecule has 0 bridgehead atoms. The minimum atomic E-state index is -3.98. The van der Waals surface area contributed by atoms with E-state index < -0.39 is 15.8 Å². The number of pyridine rings is 1. The molecule has 29 heavy (non-hydrogen) atoms. The average Bonchev–Trinajstić information content (AvgIpc) is 2.65. The van der Waals surface area contributed by atoms with Crippen LogP contribution in [0.5, 0.6) is 5.75 Å². The number of sulfonamides is 1. The molecule has 0 radical (unpaired) electrons. The van der Waals surface area contributed by atoms with Crippen molar-refractivity contribution in [2.75, 3.05) is 23.2 Å². The van der Waals surface area contributed by atoms with Crippen LogP contribution < -0.4 is 14.8 Å². The Hall–Kier alpha value is -2.84. The Bertz CT molecular complexity index is 1100. The first-order valence-electron chi connectivity index (χ1n) is 8.70.